The molecule has 1 nitrogen and oxygen atoms in total. The number of nitrogens with two attached hydrogens (primary N) is 1. The first-order valence-electron chi connectivity index (χ1n) is 4.53. The van der Waals surface area contributed by atoms with E-state index in [9.17, 15) is 4.39 Å². The average molecular weight is 216 g/mol. The lowest BCUT2D eigenvalue weighted by molar-refractivity contribution is 0.495. The number of rotatable bonds is 2. The van der Waals surface area contributed by atoms with Crippen LogP contribution in [0.2, 0.25) is 5.02 Å². The van der Waals surface area contributed by atoms with Gasteiger partial charge >= 0.3 is 0 Å². The molecule has 0 atom stereocenters. The second-order valence-corrected chi connectivity index (χ2v) is 4.71. The van der Waals surface area contributed by atoms with E-state index in [1.807, 2.05) is 20.8 Å². The largest absolute Gasteiger partial charge is 0.325 e. The molecule has 0 spiro atoms. The van der Waals surface area contributed by atoms with Gasteiger partial charge in [-0.25, -0.2) is 4.39 Å². The Kier molecular flexibility index (Phi) is 3.17. The Morgan fingerprint density at radius 3 is 2.50 bits per heavy atom. The Balaban J connectivity index is 3.13. The molecule has 0 saturated carbocycles. The maximum Gasteiger partial charge on any atom is 0.126 e. The molecule has 0 unspecified atom stereocenters. The summed E-state index contributed by atoms with van der Waals surface area (Å²) in [7, 11) is 0. The van der Waals surface area contributed by atoms with Gasteiger partial charge in [-0.3, -0.25) is 0 Å². The van der Waals surface area contributed by atoms with Crippen molar-refractivity contribution >= 4 is 11.6 Å². The zero-order valence-corrected chi connectivity index (χ0v) is 9.45. The Morgan fingerprint density at radius 1 is 1.43 bits per heavy atom. The van der Waals surface area contributed by atoms with Crippen LogP contribution in [-0.4, -0.2) is 5.54 Å². The van der Waals surface area contributed by atoms with Crippen LogP contribution in [0.5, 0.6) is 0 Å². The van der Waals surface area contributed by atoms with Crippen LogP contribution >= 0.6 is 11.6 Å². The van der Waals surface area contributed by atoms with Crippen molar-refractivity contribution in [3.05, 3.63) is 34.1 Å². The number of hydrogen-bond donors (Lipinski definition) is 1. The Hall–Kier alpha value is -0.600. The summed E-state index contributed by atoms with van der Waals surface area (Å²) >= 11 is 5.91. The van der Waals surface area contributed by atoms with Crippen molar-refractivity contribution in [1.82, 2.24) is 0 Å². The first-order valence-corrected chi connectivity index (χ1v) is 4.91. The van der Waals surface area contributed by atoms with E-state index in [1.54, 1.807) is 6.07 Å². The lowest BCUT2D eigenvalue weighted by Crippen LogP contribution is -2.35. The molecule has 0 heterocycles. The SMILES string of the molecule is Cc1c(Cl)ccc(F)c1CC(C)(C)N. The summed E-state index contributed by atoms with van der Waals surface area (Å²) in [6, 6.07) is 2.95. The fourth-order valence-corrected chi connectivity index (χ4v) is 1.54. The molecule has 1 aromatic rings. The number of halogens is 2. The monoisotopic (exact) mass is 215 g/mol. The first-order chi connectivity index (χ1) is 6.31. The zero-order valence-electron chi connectivity index (χ0n) is 8.70. The third-order valence-electron chi connectivity index (χ3n) is 2.11. The second kappa shape index (κ2) is 3.87. The maximum atomic E-state index is 13.4. The van der Waals surface area contributed by atoms with Gasteiger partial charge in [-0.2, -0.15) is 0 Å². The standard InChI is InChI=1S/C11H15ClFN/c1-7-8(6-11(2,3)14)10(13)5-4-9(7)12/h4-5H,6,14H2,1-3H3. The van der Waals surface area contributed by atoms with Gasteiger partial charge in [0, 0.05) is 10.6 Å². The van der Waals surface area contributed by atoms with E-state index in [0.29, 0.717) is 17.0 Å². The third kappa shape index (κ3) is 2.69. The summed E-state index contributed by atoms with van der Waals surface area (Å²) in [6.07, 6.45) is 0.491. The normalized spacial score (nSPS) is 11.9. The summed E-state index contributed by atoms with van der Waals surface area (Å²) in [6.45, 7) is 5.55. The summed E-state index contributed by atoms with van der Waals surface area (Å²) in [4.78, 5) is 0. The van der Waals surface area contributed by atoms with Gasteiger partial charge in [0.15, 0.2) is 0 Å². The molecule has 0 radical (unpaired) electrons. The summed E-state index contributed by atoms with van der Waals surface area (Å²) in [5, 5.41) is 0.589. The van der Waals surface area contributed by atoms with Crippen LogP contribution in [0, 0.1) is 12.7 Å². The van der Waals surface area contributed by atoms with Gasteiger partial charge in [0.25, 0.3) is 0 Å². The van der Waals surface area contributed by atoms with Crippen molar-refractivity contribution in [1.29, 1.82) is 0 Å². The minimum absolute atomic E-state index is 0.231. The molecule has 0 aliphatic carbocycles. The Bertz CT molecular complexity index is 342. The summed E-state index contributed by atoms with van der Waals surface area (Å²) < 4.78 is 13.4. The Morgan fingerprint density at radius 2 is 2.00 bits per heavy atom. The van der Waals surface area contributed by atoms with Crippen LogP contribution in [0.4, 0.5) is 4.39 Å². The maximum absolute atomic E-state index is 13.4. The molecular formula is C11H15ClFN. The minimum atomic E-state index is -0.420. The molecule has 0 aliphatic heterocycles. The van der Waals surface area contributed by atoms with Crippen LogP contribution in [0.3, 0.4) is 0 Å². The molecule has 0 fully saturated rings. The third-order valence-corrected chi connectivity index (χ3v) is 2.52. The predicted octanol–water partition coefficient (Wildman–Crippen LogP) is 3.07. The highest BCUT2D eigenvalue weighted by Gasteiger charge is 2.17. The zero-order chi connectivity index (χ0) is 10.9. The molecule has 0 aromatic heterocycles. The fourth-order valence-electron chi connectivity index (χ4n) is 1.37. The van der Waals surface area contributed by atoms with Gasteiger partial charge in [0.2, 0.25) is 0 Å². The molecule has 14 heavy (non-hydrogen) atoms. The molecule has 2 N–H and O–H groups in total. The highest BCUT2D eigenvalue weighted by molar-refractivity contribution is 6.31. The highest BCUT2D eigenvalue weighted by Crippen LogP contribution is 2.24. The highest BCUT2D eigenvalue weighted by atomic mass is 35.5. The van der Waals surface area contributed by atoms with Gasteiger partial charge in [0.05, 0.1) is 0 Å². The van der Waals surface area contributed by atoms with E-state index in [2.05, 4.69) is 0 Å². The van der Waals surface area contributed by atoms with Gasteiger partial charge in [-0.15, -0.1) is 0 Å². The van der Waals surface area contributed by atoms with Gasteiger partial charge in [-0.05, 0) is 50.5 Å². The Labute approximate surface area is 89.1 Å². The van der Waals surface area contributed by atoms with Crippen molar-refractivity contribution in [2.75, 3.05) is 0 Å². The van der Waals surface area contributed by atoms with Crippen LogP contribution in [0.1, 0.15) is 25.0 Å². The molecule has 78 valence electrons. The van der Waals surface area contributed by atoms with Gasteiger partial charge < -0.3 is 5.73 Å². The molecule has 1 rings (SSSR count). The van der Waals surface area contributed by atoms with Crippen molar-refractivity contribution in [2.45, 2.75) is 32.7 Å². The molecule has 0 bridgehead atoms. The fraction of sp³-hybridized carbons (Fsp3) is 0.455. The average Bonchev–Trinajstić information content (AvgIpc) is 2.04. The smallest absolute Gasteiger partial charge is 0.126 e. The second-order valence-electron chi connectivity index (χ2n) is 4.30. The van der Waals surface area contributed by atoms with E-state index in [4.69, 9.17) is 17.3 Å². The molecular weight excluding hydrogens is 201 g/mol. The lowest BCUT2D eigenvalue weighted by Gasteiger charge is -2.20. The molecule has 0 saturated heterocycles. The van der Waals surface area contributed by atoms with Crippen LogP contribution < -0.4 is 5.73 Å². The lowest BCUT2D eigenvalue weighted by atomic mass is 9.93. The predicted molar refractivity (Wildman–Crippen MR) is 58.1 cm³/mol. The summed E-state index contributed by atoms with van der Waals surface area (Å²) in [5.41, 5.74) is 6.82. The van der Waals surface area contributed by atoms with E-state index in [0.717, 1.165) is 5.56 Å². The van der Waals surface area contributed by atoms with Gasteiger partial charge in [-0.1, -0.05) is 11.6 Å². The van der Waals surface area contributed by atoms with E-state index in [-0.39, 0.29) is 5.82 Å². The minimum Gasteiger partial charge on any atom is -0.325 e. The molecule has 0 amide bonds. The topological polar surface area (TPSA) is 26.0 Å². The van der Waals surface area contributed by atoms with Crippen molar-refractivity contribution in [3.63, 3.8) is 0 Å². The van der Waals surface area contributed by atoms with Crippen LogP contribution in [0.25, 0.3) is 0 Å². The molecule has 0 aliphatic rings. The quantitative estimate of drug-likeness (QED) is 0.806. The van der Waals surface area contributed by atoms with Crippen LogP contribution in [0.15, 0.2) is 12.1 Å². The number of hydrogen-bond acceptors (Lipinski definition) is 1. The van der Waals surface area contributed by atoms with E-state index < -0.39 is 5.54 Å². The number of benzene rings is 1. The van der Waals surface area contributed by atoms with E-state index in [1.165, 1.54) is 6.07 Å². The first kappa shape index (κ1) is 11.5. The molecule has 3 heteroatoms. The van der Waals surface area contributed by atoms with Gasteiger partial charge in [0.1, 0.15) is 5.82 Å². The van der Waals surface area contributed by atoms with Crippen molar-refractivity contribution in [2.24, 2.45) is 5.73 Å². The van der Waals surface area contributed by atoms with Crippen molar-refractivity contribution in [3.8, 4) is 0 Å². The van der Waals surface area contributed by atoms with E-state index >= 15 is 0 Å². The molecule has 1 aromatic carbocycles. The van der Waals surface area contributed by atoms with Crippen molar-refractivity contribution < 1.29 is 4.39 Å². The summed E-state index contributed by atoms with van der Waals surface area (Å²) in [5.74, 6) is -0.231. The van der Waals surface area contributed by atoms with Crippen LogP contribution in [-0.2, 0) is 6.42 Å².